The molecule has 8 rings (SSSR count). The first-order valence-corrected chi connectivity index (χ1v) is 20.2. The molecular formula is C43H54O11. The predicted molar refractivity (Wildman–Crippen MR) is 191 cm³/mol. The van der Waals surface area contributed by atoms with Gasteiger partial charge in [-0.15, -0.1) is 0 Å². The van der Waals surface area contributed by atoms with Gasteiger partial charge < -0.3 is 30.0 Å². The van der Waals surface area contributed by atoms with Crippen LogP contribution in [0.5, 0.6) is 0 Å². The summed E-state index contributed by atoms with van der Waals surface area (Å²) in [7, 11) is 0. The average molecular weight is 747 g/mol. The topological polar surface area (TPSA) is 200 Å². The molecule has 8 aliphatic carbocycles. The molecule has 0 aromatic rings. The van der Waals surface area contributed by atoms with Crippen molar-refractivity contribution in [2.45, 2.75) is 103 Å². The van der Waals surface area contributed by atoms with Crippen molar-refractivity contribution >= 4 is 41.5 Å². The van der Waals surface area contributed by atoms with Crippen molar-refractivity contribution in [2.24, 2.45) is 80.8 Å². The van der Waals surface area contributed by atoms with Crippen LogP contribution in [0.2, 0.25) is 0 Å². The zero-order valence-electron chi connectivity index (χ0n) is 31.3. The van der Waals surface area contributed by atoms with Gasteiger partial charge in [-0.05, 0) is 112 Å². The molecule has 54 heavy (non-hydrogen) atoms. The van der Waals surface area contributed by atoms with E-state index in [0.29, 0.717) is 51.4 Å². The highest BCUT2D eigenvalue weighted by Crippen LogP contribution is 2.70. The number of fused-ring (bicyclic) bond motifs is 10. The van der Waals surface area contributed by atoms with Crippen LogP contribution in [-0.4, -0.2) is 87.3 Å². The summed E-state index contributed by atoms with van der Waals surface area (Å²) in [5.74, 6) is -6.44. The number of aliphatic hydroxyl groups is 4. The van der Waals surface area contributed by atoms with Crippen LogP contribution >= 0.6 is 0 Å². The second-order valence-corrected chi connectivity index (χ2v) is 18.9. The maximum Gasteiger partial charge on any atom is 0.162 e. The summed E-state index contributed by atoms with van der Waals surface area (Å²) >= 11 is 0. The number of aldehydes is 2. The molecule has 0 bridgehead atoms. The van der Waals surface area contributed by atoms with Crippen molar-refractivity contribution in [3.05, 3.63) is 23.3 Å². The average Bonchev–Trinajstić information content (AvgIpc) is 3.73. The van der Waals surface area contributed by atoms with Gasteiger partial charge in [0.15, 0.2) is 23.1 Å². The minimum absolute atomic E-state index is 0.0264. The Hall–Kier alpha value is -2.99. The Morgan fingerprint density at radius 3 is 1.39 bits per heavy atom. The van der Waals surface area contributed by atoms with Crippen molar-refractivity contribution in [3.8, 4) is 0 Å². The predicted octanol–water partition coefficient (Wildman–Crippen LogP) is 2.73. The van der Waals surface area contributed by atoms with Crippen LogP contribution in [0.15, 0.2) is 23.3 Å². The van der Waals surface area contributed by atoms with Gasteiger partial charge in [0.1, 0.15) is 31.6 Å². The molecule has 292 valence electrons. The summed E-state index contributed by atoms with van der Waals surface area (Å²) in [5, 5.41) is 43.9. The summed E-state index contributed by atoms with van der Waals surface area (Å²) in [5.41, 5.74) is -2.59. The van der Waals surface area contributed by atoms with Crippen LogP contribution in [0.25, 0.3) is 0 Å². The largest absolute Gasteiger partial charge is 0.393 e. The van der Waals surface area contributed by atoms with E-state index in [0.717, 1.165) is 23.7 Å². The monoisotopic (exact) mass is 746 g/mol. The first-order chi connectivity index (χ1) is 25.7. The number of hydrogen-bond donors (Lipinski definition) is 4. The molecule has 6 fully saturated rings. The van der Waals surface area contributed by atoms with E-state index in [9.17, 15) is 49.2 Å². The molecule has 0 spiro atoms. The Bertz CT molecular complexity index is 1640. The molecule has 8 aliphatic rings. The van der Waals surface area contributed by atoms with Crippen molar-refractivity contribution in [3.63, 3.8) is 0 Å². The number of aliphatic hydroxyl groups excluding tert-OH is 4. The summed E-state index contributed by atoms with van der Waals surface area (Å²) < 4.78 is 0. The third-order valence-electron chi connectivity index (χ3n) is 17.5. The van der Waals surface area contributed by atoms with Gasteiger partial charge in [0.2, 0.25) is 0 Å². The minimum Gasteiger partial charge on any atom is -0.393 e. The number of rotatable bonds is 8. The smallest absolute Gasteiger partial charge is 0.162 e. The molecule has 16 atom stereocenters. The summed E-state index contributed by atoms with van der Waals surface area (Å²) in [6, 6.07) is 0. The molecule has 0 aliphatic heterocycles. The maximum atomic E-state index is 15.6. The van der Waals surface area contributed by atoms with Gasteiger partial charge in [0, 0.05) is 58.2 Å². The lowest BCUT2D eigenvalue weighted by atomic mass is 9.40. The van der Waals surface area contributed by atoms with Crippen LogP contribution in [0, 0.1) is 80.8 Å². The van der Waals surface area contributed by atoms with E-state index in [1.54, 1.807) is 12.2 Å². The van der Waals surface area contributed by atoms with Gasteiger partial charge >= 0.3 is 0 Å². The number of hydrogen-bond acceptors (Lipinski definition) is 11. The van der Waals surface area contributed by atoms with Gasteiger partial charge in [0.25, 0.3) is 0 Å². The molecule has 0 radical (unpaired) electrons. The van der Waals surface area contributed by atoms with Crippen LogP contribution in [0.3, 0.4) is 0 Å². The van der Waals surface area contributed by atoms with Crippen LogP contribution in [-0.2, 0) is 33.6 Å². The van der Waals surface area contributed by atoms with Crippen LogP contribution < -0.4 is 0 Å². The fourth-order valence-corrected chi connectivity index (χ4v) is 15.5. The second-order valence-electron chi connectivity index (χ2n) is 18.9. The van der Waals surface area contributed by atoms with Crippen molar-refractivity contribution in [2.75, 3.05) is 13.2 Å². The third-order valence-corrected chi connectivity index (χ3v) is 17.5. The molecule has 0 heterocycles. The Morgan fingerprint density at radius 1 is 0.648 bits per heavy atom. The number of carbonyl (C=O) groups is 7. The first kappa shape index (κ1) is 37.9. The molecule has 11 nitrogen and oxygen atoms in total. The first-order valence-electron chi connectivity index (χ1n) is 20.2. The van der Waals surface area contributed by atoms with Gasteiger partial charge in [-0.3, -0.25) is 24.0 Å². The van der Waals surface area contributed by atoms with Crippen LogP contribution in [0.1, 0.15) is 90.9 Å². The van der Waals surface area contributed by atoms with Gasteiger partial charge in [-0.1, -0.05) is 25.0 Å². The standard InChI is InChI=1S/C43H54O11/c1-40-21(3-5-25-27-7-9-29(35(52)17-44)42(27,19-46)15-33(50)37(25)40)11-23(48)13-31(40)39(54)32-14-24(49)12-22-4-6-26-28-8-10-30(36(53)18-45)43(28,20-47)16-34(51)38(26)41(22,32)2/h11-12,19-20,25-34,37-38,44-45,50-51H,3-10,13-18H2,1-2H3/t25-,26-,27-,28-,29+,30+,31?,32?,33-,34-,37+,38+,40+,41+,42+,43+/m0/s1. The molecule has 11 heteroatoms. The molecular weight excluding hydrogens is 692 g/mol. The highest BCUT2D eigenvalue weighted by Gasteiger charge is 2.70. The van der Waals surface area contributed by atoms with Gasteiger partial charge in [0.05, 0.1) is 12.2 Å². The molecule has 0 amide bonds. The lowest BCUT2D eigenvalue weighted by molar-refractivity contribution is -0.174. The molecule has 6 saturated carbocycles. The Balaban J connectivity index is 1.18. The minimum atomic E-state index is -1.11. The lowest BCUT2D eigenvalue weighted by Crippen LogP contribution is -2.63. The lowest BCUT2D eigenvalue weighted by Gasteiger charge is -2.63. The fourth-order valence-electron chi connectivity index (χ4n) is 15.5. The Kier molecular flexibility index (Phi) is 9.15. The maximum absolute atomic E-state index is 15.6. The quantitative estimate of drug-likeness (QED) is 0.266. The number of allylic oxidation sites excluding steroid dienone is 2. The third kappa shape index (κ3) is 4.83. The van der Waals surface area contributed by atoms with E-state index < -0.39 is 94.2 Å². The van der Waals surface area contributed by atoms with E-state index in [1.807, 2.05) is 13.8 Å². The number of carbonyl (C=O) groups excluding carboxylic acids is 7. The van der Waals surface area contributed by atoms with Crippen molar-refractivity contribution in [1.82, 2.24) is 0 Å². The van der Waals surface area contributed by atoms with E-state index in [-0.39, 0.29) is 66.7 Å². The van der Waals surface area contributed by atoms with Crippen molar-refractivity contribution in [1.29, 1.82) is 0 Å². The normalized spacial score (nSPS) is 49.1. The van der Waals surface area contributed by atoms with E-state index >= 15 is 4.79 Å². The molecule has 2 unspecified atom stereocenters. The SMILES string of the molecule is C[C@@]12C(=CC(=O)CC1C(=O)C1CC(=O)C=C3CC[C@@H]4[C@H]([C@@H](O)C[C@]5(C=O)[C@@H](C(=O)CO)CC[C@@H]45)[C@]31C)CC[C@@H]1[C@@H]2[C@@H](O)C[C@]2(C=O)[C@@H](C(=O)CO)CC[C@@H]12. The van der Waals surface area contributed by atoms with Gasteiger partial charge in [-0.2, -0.15) is 0 Å². The number of Topliss-reactive ketones (excluding diaryl/α,β-unsaturated/α-hetero) is 3. The number of ketones is 5. The Labute approximate surface area is 315 Å². The van der Waals surface area contributed by atoms with Crippen LogP contribution in [0.4, 0.5) is 0 Å². The molecule has 0 aromatic heterocycles. The fraction of sp³-hybridized carbons (Fsp3) is 0.744. The van der Waals surface area contributed by atoms with E-state index in [2.05, 4.69) is 0 Å². The summed E-state index contributed by atoms with van der Waals surface area (Å²) in [4.78, 5) is 94.4. The van der Waals surface area contributed by atoms with E-state index in [4.69, 9.17) is 0 Å². The zero-order valence-corrected chi connectivity index (χ0v) is 31.3. The zero-order chi connectivity index (χ0) is 38.7. The molecule has 0 aromatic carbocycles. The summed E-state index contributed by atoms with van der Waals surface area (Å²) in [6.07, 6.45) is 6.81. The summed E-state index contributed by atoms with van der Waals surface area (Å²) in [6.45, 7) is 2.58. The van der Waals surface area contributed by atoms with Gasteiger partial charge in [-0.25, -0.2) is 0 Å². The van der Waals surface area contributed by atoms with E-state index in [1.165, 1.54) is 0 Å². The highest BCUT2D eigenvalue weighted by atomic mass is 16.3. The Morgan fingerprint density at radius 2 is 1.04 bits per heavy atom. The van der Waals surface area contributed by atoms with Crippen molar-refractivity contribution < 1.29 is 54.0 Å². The molecule has 4 N–H and O–H groups in total. The second kappa shape index (κ2) is 13.0. The highest BCUT2D eigenvalue weighted by molar-refractivity contribution is 6.02. The molecule has 0 saturated heterocycles.